The Hall–Kier alpha value is -1.09. The first-order valence-electron chi connectivity index (χ1n) is 3.33. The van der Waals surface area contributed by atoms with Gasteiger partial charge in [-0.05, 0) is 12.1 Å². The molecule has 2 aromatic rings. The third-order valence-corrected chi connectivity index (χ3v) is 2.71. The maximum atomic E-state index is 11.1. The number of aromatic nitrogens is 1. The summed E-state index contributed by atoms with van der Waals surface area (Å²) in [5.41, 5.74) is 1.02. The molecule has 2 nitrogen and oxygen atoms in total. The van der Waals surface area contributed by atoms with Crippen LogP contribution in [-0.2, 0) is 7.05 Å². The average molecular weight is 165 g/mol. The molecule has 1 aromatic carbocycles. The maximum absolute atomic E-state index is 11.1. The van der Waals surface area contributed by atoms with Crippen LogP contribution in [0.5, 0.6) is 0 Å². The number of rotatable bonds is 0. The molecule has 0 spiro atoms. The van der Waals surface area contributed by atoms with Gasteiger partial charge < -0.3 is 4.57 Å². The molecule has 0 saturated carbocycles. The van der Waals surface area contributed by atoms with Crippen LogP contribution in [0.1, 0.15) is 0 Å². The summed E-state index contributed by atoms with van der Waals surface area (Å²) in [7, 11) is 1.79. The van der Waals surface area contributed by atoms with Gasteiger partial charge in [-0.3, -0.25) is 4.79 Å². The van der Waals surface area contributed by atoms with Gasteiger partial charge in [0.1, 0.15) is 0 Å². The predicted octanol–water partition coefficient (Wildman–Crippen LogP) is 1.60. The molecule has 0 atom stereocenters. The van der Waals surface area contributed by atoms with Crippen LogP contribution in [-0.4, -0.2) is 4.57 Å². The van der Waals surface area contributed by atoms with Gasteiger partial charge in [0, 0.05) is 7.05 Å². The number of hydrogen-bond donors (Lipinski definition) is 0. The minimum atomic E-state index is 0.103. The fourth-order valence-electron chi connectivity index (χ4n) is 1.08. The van der Waals surface area contributed by atoms with Crippen molar-refractivity contribution in [2.45, 2.75) is 0 Å². The van der Waals surface area contributed by atoms with Crippen LogP contribution in [0.2, 0.25) is 0 Å². The first kappa shape index (κ1) is 6.61. The summed E-state index contributed by atoms with van der Waals surface area (Å²) in [6, 6.07) is 7.79. The van der Waals surface area contributed by atoms with Gasteiger partial charge in [-0.15, -0.1) is 0 Å². The second-order valence-electron chi connectivity index (χ2n) is 2.39. The fraction of sp³-hybridized carbons (Fsp3) is 0.125. The molecule has 3 heteroatoms. The zero-order valence-corrected chi connectivity index (χ0v) is 6.89. The van der Waals surface area contributed by atoms with Gasteiger partial charge in [0.2, 0.25) is 0 Å². The molecule has 0 radical (unpaired) electrons. The van der Waals surface area contributed by atoms with Crippen molar-refractivity contribution in [1.82, 2.24) is 4.57 Å². The van der Waals surface area contributed by atoms with Crippen LogP contribution in [0.15, 0.2) is 29.1 Å². The number of aryl methyl sites for hydroxylation is 1. The summed E-state index contributed by atoms with van der Waals surface area (Å²) in [6.45, 7) is 0. The molecule has 56 valence electrons. The minimum absolute atomic E-state index is 0.103. The first-order chi connectivity index (χ1) is 5.29. The van der Waals surface area contributed by atoms with E-state index in [0.29, 0.717) is 0 Å². The lowest BCUT2D eigenvalue weighted by Gasteiger charge is -1.89. The van der Waals surface area contributed by atoms with Crippen molar-refractivity contribution in [1.29, 1.82) is 0 Å². The molecular weight excluding hydrogens is 158 g/mol. The van der Waals surface area contributed by atoms with Crippen molar-refractivity contribution < 1.29 is 0 Å². The van der Waals surface area contributed by atoms with Crippen LogP contribution in [0, 0.1) is 0 Å². The van der Waals surface area contributed by atoms with Gasteiger partial charge in [0.15, 0.2) is 0 Å². The van der Waals surface area contributed by atoms with Gasteiger partial charge in [-0.1, -0.05) is 23.5 Å². The number of para-hydroxylation sites is 1. The number of nitrogens with zero attached hydrogens (tertiary/aromatic N) is 1. The molecule has 0 amide bonds. The van der Waals surface area contributed by atoms with E-state index in [0.717, 1.165) is 10.2 Å². The second-order valence-corrected chi connectivity index (χ2v) is 3.39. The van der Waals surface area contributed by atoms with E-state index in [1.165, 1.54) is 11.3 Å². The Balaban J connectivity index is 3.04. The lowest BCUT2D eigenvalue weighted by atomic mass is 10.3. The molecule has 11 heavy (non-hydrogen) atoms. The fourth-order valence-corrected chi connectivity index (χ4v) is 1.96. The molecular formula is C8H7NOS. The summed E-state index contributed by atoms with van der Waals surface area (Å²) in [5, 5.41) is 0. The van der Waals surface area contributed by atoms with E-state index < -0.39 is 0 Å². The monoisotopic (exact) mass is 165 g/mol. The summed E-state index contributed by atoms with van der Waals surface area (Å²) in [6.07, 6.45) is 0. The molecule has 0 bridgehead atoms. The standard InChI is InChI=1S/C8H7NOS/c1-9-6-4-2-3-5-7(6)11-8(9)10/h2-5H,1H3. The summed E-state index contributed by atoms with van der Waals surface area (Å²) >= 11 is 1.29. The zero-order valence-electron chi connectivity index (χ0n) is 6.07. The van der Waals surface area contributed by atoms with Gasteiger partial charge in [0.25, 0.3) is 0 Å². The minimum Gasteiger partial charge on any atom is -0.302 e. The molecule has 0 aliphatic rings. The highest BCUT2D eigenvalue weighted by Gasteiger charge is 2.00. The van der Waals surface area contributed by atoms with Crippen molar-refractivity contribution >= 4 is 21.6 Å². The van der Waals surface area contributed by atoms with Crippen molar-refractivity contribution in [3.8, 4) is 0 Å². The average Bonchev–Trinajstić information content (AvgIpc) is 2.30. The normalized spacial score (nSPS) is 10.6. The van der Waals surface area contributed by atoms with E-state index >= 15 is 0 Å². The summed E-state index contributed by atoms with van der Waals surface area (Å²) in [4.78, 5) is 11.2. The number of thiazole rings is 1. The molecule has 0 N–H and O–H groups in total. The highest BCUT2D eigenvalue weighted by molar-refractivity contribution is 7.16. The smallest absolute Gasteiger partial charge is 0.302 e. The van der Waals surface area contributed by atoms with Crippen molar-refractivity contribution in [2.75, 3.05) is 0 Å². The van der Waals surface area contributed by atoms with Crippen LogP contribution in [0.4, 0.5) is 0 Å². The Morgan fingerprint density at radius 3 is 2.82 bits per heavy atom. The Kier molecular flexibility index (Phi) is 1.32. The molecule has 0 aliphatic heterocycles. The van der Waals surface area contributed by atoms with Crippen molar-refractivity contribution in [3.05, 3.63) is 33.9 Å². The van der Waals surface area contributed by atoms with E-state index in [1.54, 1.807) is 11.6 Å². The zero-order chi connectivity index (χ0) is 7.84. The van der Waals surface area contributed by atoms with Gasteiger partial charge in [0.05, 0.1) is 10.2 Å². The highest BCUT2D eigenvalue weighted by Crippen LogP contribution is 2.14. The van der Waals surface area contributed by atoms with Crippen LogP contribution in [0.3, 0.4) is 0 Å². The van der Waals surface area contributed by atoms with Crippen LogP contribution < -0.4 is 4.87 Å². The Labute approximate surface area is 67.7 Å². The molecule has 1 heterocycles. The number of fused-ring (bicyclic) bond motifs is 1. The molecule has 2 rings (SSSR count). The lowest BCUT2D eigenvalue weighted by Crippen LogP contribution is -2.06. The Morgan fingerprint density at radius 1 is 1.36 bits per heavy atom. The second kappa shape index (κ2) is 2.20. The Morgan fingerprint density at radius 2 is 2.09 bits per heavy atom. The molecule has 0 saturated heterocycles. The number of benzene rings is 1. The first-order valence-corrected chi connectivity index (χ1v) is 4.15. The van der Waals surface area contributed by atoms with Gasteiger partial charge in [-0.2, -0.15) is 0 Å². The van der Waals surface area contributed by atoms with Crippen LogP contribution in [0.25, 0.3) is 10.2 Å². The lowest BCUT2D eigenvalue weighted by molar-refractivity contribution is 0.939. The topological polar surface area (TPSA) is 22.0 Å². The van der Waals surface area contributed by atoms with E-state index in [-0.39, 0.29) is 4.87 Å². The third-order valence-electron chi connectivity index (χ3n) is 1.70. The molecule has 0 fully saturated rings. The van der Waals surface area contributed by atoms with Gasteiger partial charge >= 0.3 is 4.87 Å². The largest absolute Gasteiger partial charge is 0.307 e. The number of hydrogen-bond acceptors (Lipinski definition) is 2. The van der Waals surface area contributed by atoms with E-state index in [4.69, 9.17) is 0 Å². The van der Waals surface area contributed by atoms with Crippen molar-refractivity contribution in [3.63, 3.8) is 0 Å². The van der Waals surface area contributed by atoms with Crippen molar-refractivity contribution in [2.24, 2.45) is 7.05 Å². The predicted molar refractivity (Wildman–Crippen MR) is 47.1 cm³/mol. The summed E-state index contributed by atoms with van der Waals surface area (Å²) < 4.78 is 2.72. The third kappa shape index (κ3) is 0.886. The van der Waals surface area contributed by atoms with E-state index in [1.807, 2.05) is 24.3 Å². The molecule has 1 aromatic heterocycles. The van der Waals surface area contributed by atoms with E-state index in [9.17, 15) is 4.79 Å². The molecule has 0 unspecified atom stereocenters. The van der Waals surface area contributed by atoms with Crippen LogP contribution >= 0.6 is 11.3 Å². The highest BCUT2D eigenvalue weighted by atomic mass is 32.1. The van der Waals surface area contributed by atoms with E-state index in [2.05, 4.69) is 0 Å². The SMILES string of the molecule is Cn1c(=O)sc2ccccc21. The maximum Gasteiger partial charge on any atom is 0.307 e. The Bertz CT molecular complexity index is 441. The quantitative estimate of drug-likeness (QED) is 0.581. The molecule has 0 aliphatic carbocycles. The summed E-state index contributed by atoms with van der Waals surface area (Å²) in [5.74, 6) is 0. The van der Waals surface area contributed by atoms with Gasteiger partial charge in [-0.25, -0.2) is 0 Å².